The Kier molecular flexibility index (Phi) is 6.59. The Morgan fingerprint density at radius 1 is 0.730 bits per heavy atom. The number of aromatic nitrogens is 1. The maximum atomic E-state index is 13.5. The first-order chi connectivity index (χ1) is 17.8. The number of hydrogen-bond donors (Lipinski definition) is 1. The van der Waals surface area contributed by atoms with Gasteiger partial charge in [-0.25, -0.2) is 25.5 Å². The first kappa shape index (κ1) is 24.8. The largest absolute Gasteiger partial charge is 0.497 e. The molecule has 5 aromatic rings. The molecule has 0 radical (unpaired) electrons. The molecule has 1 N–H and O–H groups in total. The summed E-state index contributed by atoms with van der Waals surface area (Å²) in [4.78, 5) is 0.00178. The van der Waals surface area contributed by atoms with E-state index in [0.717, 1.165) is 26.4 Å². The van der Waals surface area contributed by atoms with Crippen molar-refractivity contribution in [3.63, 3.8) is 0 Å². The summed E-state index contributed by atoms with van der Waals surface area (Å²) >= 11 is 0. The van der Waals surface area contributed by atoms with Crippen molar-refractivity contribution in [3.05, 3.63) is 115 Å². The van der Waals surface area contributed by atoms with Gasteiger partial charge < -0.3 is 4.74 Å². The van der Waals surface area contributed by atoms with Crippen LogP contribution in [0.5, 0.6) is 5.75 Å². The lowest BCUT2D eigenvalue weighted by Crippen LogP contribution is -2.27. The number of fused-ring (bicyclic) bond motifs is 1. The fourth-order valence-electron chi connectivity index (χ4n) is 4.09. The highest BCUT2D eigenvalue weighted by Crippen LogP contribution is 2.29. The number of rotatable bonds is 8. The Morgan fingerprint density at radius 3 is 1.97 bits per heavy atom. The zero-order valence-corrected chi connectivity index (χ0v) is 21.5. The van der Waals surface area contributed by atoms with E-state index in [2.05, 4.69) is 4.72 Å². The molecule has 37 heavy (non-hydrogen) atoms. The molecule has 0 saturated heterocycles. The van der Waals surface area contributed by atoms with Crippen molar-refractivity contribution in [3.8, 4) is 16.9 Å². The molecule has 0 fully saturated rings. The molecule has 0 saturated carbocycles. The van der Waals surface area contributed by atoms with E-state index in [1.165, 1.54) is 18.2 Å². The van der Waals surface area contributed by atoms with Gasteiger partial charge in [-0.05, 0) is 53.1 Å². The summed E-state index contributed by atoms with van der Waals surface area (Å²) in [5.41, 5.74) is 3.00. The lowest BCUT2D eigenvalue weighted by molar-refractivity contribution is 0.415. The maximum absolute atomic E-state index is 13.5. The Hall–Kier alpha value is -3.92. The van der Waals surface area contributed by atoms with Gasteiger partial charge in [0.2, 0.25) is 0 Å². The van der Waals surface area contributed by atoms with Crippen LogP contribution in [0.4, 0.5) is 0 Å². The molecule has 188 valence electrons. The molecule has 9 heteroatoms. The Bertz CT molecular complexity index is 1760. The molecular weight excluding hydrogens is 508 g/mol. The molecule has 0 unspecified atom stereocenters. The second-order valence-electron chi connectivity index (χ2n) is 8.37. The van der Waals surface area contributed by atoms with E-state index in [-0.39, 0.29) is 22.0 Å². The van der Waals surface area contributed by atoms with Crippen molar-refractivity contribution in [1.82, 2.24) is 8.69 Å². The van der Waals surface area contributed by atoms with Crippen molar-refractivity contribution in [2.45, 2.75) is 16.5 Å². The highest BCUT2D eigenvalue weighted by atomic mass is 32.2. The number of hydrogen-bond acceptors (Lipinski definition) is 5. The lowest BCUT2D eigenvalue weighted by atomic mass is 10.0. The summed E-state index contributed by atoms with van der Waals surface area (Å²) in [5, 5.41) is 0.165. The van der Waals surface area contributed by atoms with Crippen LogP contribution in [0, 0.1) is 0 Å². The van der Waals surface area contributed by atoms with E-state index in [1.54, 1.807) is 49.6 Å². The SMILES string of the molecule is COc1ccc(-c2ccc(CNS(=O)(=O)c3cc4ccccc4n3S(=O)(=O)c3ccccc3)cc2)cc1. The van der Waals surface area contributed by atoms with Crippen LogP contribution in [0.1, 0.15) is 5.56 Å². The molecule has 0 aliphatic heterocycles. The van der Waals surface area contributed by atoms with Crippen molar-refractivity contribution in [1.29, 1.82) is 0 Å². The monoisotopic (exact) mass is 532 g/mol. The molecule has 0 aliphatic carbocycles. The van der Waals surface area contributed by atoms with Gasteiger partial charge >= 0.3 is 0 Å². The molecule has 0 bridgehead atoms. The van der Waals surface area contributed by atoms with E-state index < -0.39 is 20.0 Å². The van der Waals surface area contributed by atoms with E-state index >= 15 is 0 Å². The van der Waals surface area contributed by atoms with Crippen molar-refractivity contribution in [2.24, 2.45) is 0 Å². The first-order valence-corrected chi connectivity index (χ1v) is 14.4. The van der Waals surface area contributed by atoms with Gasteiger partial charge in [-0.15, -0.1) is 0 Å². The minimum absolute atomic E-state index is 0.00178. The zero-order chi connectivity index (χ0) is 26.0. The average molecular weight is 533 g/mol. The molecule has 0 atom stereocenters. The predicted molar refractivity (Wildman–Crippen MR) is 143 cm³/mol. The predicted octanol–water partition coefficient (Wildman–Crippen LogP) is 5.03. The van der Waals surface area contributed by atoms with Crippen LogP contribution in [0.15, 0.2) is 119 Å². The van der Waals surface area contributed by atoms with Crippen LogP contribution in [0.25, 0.3) is 22.0 Å². The molecule has 0 spiro atoms. The van der Waals surface area contributed by atoms with Crippen LogP contribution in [-0.2, 0) is 26.6 Å². The Labute approximate surface area is 216 Å². The summed E-state index contributed by atoms with van der Waals surface area (Å²) in [5.74, 6) is 0.765. The zero-order valence-electron chi connectivity index (χ0n) is 19.9. The van der Waals surface area contributed by atoms with Gasteiger partial charge in [0.1, 0.15) is 5.75 Å². The standard InChI is InChI=1S/C28H24N2O5S2/c1-35-25-17-15-23(16-18-25)22-13-11-21(12-14-22)20-29-36(31,32)28-19-24-7-5-6-10-27(24)30(28)37(33,34)26-8-3-2-4-9-26/h2-19,29H,20H2,1H3. The number of nitrogens with one attached hydrogen (secondary N) is 1. The molecule has 7 nitrogen and oxygen atoms in total. The number of para-hydroxylation sites is 1. The fraction of sp³-hybridized carbons (Fsp3) is 0.0714. The summed E-state index contributed by atoms with van der Waals surface area (Å²) in [6, 6.07) is 31.0. The molecule has 0 aliphatic rings. The van der Waals surface area contributed by atoms with Crippen molar-refractivity contribution in [2.75, 3.05) is 7.11 Å². The molecule has 1 heterocycles. The highest BCUT2D eigenvalue weighted by molar-refractivity contribution is 7.92. The van der Waals surface area contributed by atoms with Crippen LogP contribution in [0.2, 0.25) is 0 Å². The lowest BCUT2D eigenvalue weighted by Gasteiger charge is -2.13. The summed E-state index contributed by atoms with van der Waals surface area (Å²) in [6.07, 6.45) is 0. The molecule has 0 amide bonds. The third-order valence-corrected chi connectivity index (χ3v) is 9.27. The number of ether oxygens (including phenoxy) is 1. The van der Waals surface area contributed by atoms with Gasteiger partial charge in [0.15, 0.2) is 5.03 Å². The minimum atomic E-state index is -4.19. The average Bonchev–Trinajstić information content (AvgIpc) is 3.35. The normalized spacial score (nSPS) is 12.0. The topological polar surface area (TPSA) is 94.5 Å². The van der Waals surface area contributed by atoms with Gasteiger partial charge in [-0.2, -0.15) is 0 Å². The van der Waals surface area contributed by atoms with E-state index in [0.29, 0.717) is 5.39 Å². The smallest absolute Gasteiger partial charge is 0.269 e. The fourth-order valence-corrected chi connectivity index (χ4v) is 7.21. The van der Waals surface area contributed by atoms with Gasteiger partial charge in [-0.3, -0.25) is 0 Å². The Morgan fingerprint density at radius 2 is 1.32 bits per heavy atom. The number of methoxy groups -OCH3 is 1. The number of sulfonamides is 1. The summed E-state index contributed by atoms with van der Waals surface area (Å²) in [6.45, 7) is -0.00185. The Balaban J connectivity index is 1.45. The first-order valence-electron chi connectivity index (χ1n) is 11.4. The maximum Gasteiger partial charge on any atom is 0.269 e. The molecule has 5 rings (SSSR count). The second kappa shape index (κ2) is 9.85. The van der Waals surface area contributed by atoms with Gasteiger partial charge in [0, 0.05) is 11.9 Å². The highest BCUT2D eigenvalue weighted by Gasteiger charge is 2.29. The number of benzene rings is 4. The van der Waals surface area contributed by atoms with Gasteiger partial charge in [-0.1, -0.05) is 72.8 Å². The third kappa shape index (κ3) is 4.89. The number of nitrogens with zero attached hydrogens (tertiary/aromatic N) is 1. The second-order valence-corrected chi connectivity index (χ2v) is 11.9. The minimum Gasteiger partial charge on any atom is -0.497 e. The molecular formula is C28H24N2O5S2. The van der Waals surface area contributed by atoms with Crippen LogP contribution >= 0.6 is 0 Å². The van der Waals surface area contributed by atoms with Crippen molar-refractivity contribution >= 4 is 30.9 Å². The van der Waals surface area contributed by atoms with Crippen LogP contribution < -0.4 is 9.46 Å². The van der Waals surface area contributed by atoms with E-state index in [9.17, 15) is 16.8 Å². The van der Waals surface area contributed by atoms with E-state index in [1.807, 2.05) is 48.5 Å². The third-order valence-electron chi connectivity index (χ3n) is 6.04. The van der Waals surface area contributed by atoms with Crippen LogP contribution in [0.3, 0.4) is 0 Å². The van der Waals surface area contributed by atoms with E-state index in [4.69, 9.17) is 4.74 Å². The molecule has 1 aromatic heterocycles. The summed E-state index contributed by atoms with van der Waals surface area (Å²) in [7, 11) is -6.75. The van der Waals surface area contributed by atoms with Gasteiger partial charge in [0.25, 0.3) is 20.0 Å². The van der Waals surface area contributed by atoms with Crippen LogP contribution in [-0.4, -0.2) is 27.9 Å². The quantitative estimate of drug-likeness (QED) is 0.302. The summed E-state index contributed by atoms with van der Waals surface area (Å²) < 4.78 is 62.5. The molecule has 4 aromatic carbocycles. The van der Waals surface area contributed by atoms with Crippen molar-refractivity contribution < 1.29 is 21.6 Å². The van der Waals surface area contributed by atoms with Gasteiger partial charge in [0.05, 0.1) is 17.5 Å².